The van der Waals surface area contributed by atoms with Crippen LogP contribution in [0.25, 0.3) is 6.08 Å². The van der Waals surface area contributed by atoms with Crippen molar-refractivity contribution in [1.82, 2.24) is 4.98 Å². The number of aromatic amines is 1. The standard InChI is InChI=1S/C7H7NS2/c9-7-8-5-3-1-2-4-6(5)10-7/h1,3H,2,4H2,(H,8,9). The number of allylic oxidation sites excluding steroid dienone is 1. The zero-order chi connectivity index (χ0) is 6.97. The Morgan fingerprint density at radius 3 is 3.30 bits per heavy atom. The normalized spacial score (nSPS) is 15.2. The van der Waals surface area contributed by atoms with E-state index in [1.807, 2.05) is 0 Å². The molecule has 1 aliphatic carbocycles. The number of aryl methyl sites for hydroxylation is 1. The van der Waals surface area contributed by atoms with Crippen LogP contribution in [0.3, 0.4) is 0 Å². The highest BCUT2D eigenvalue weighted by Gasteiger charge is 2.05. The Bertz CT molecular complexity index is 319. The summed E-state index contributed by atoms with van der Waals surface area (Å²) in [6.07, 6.45) is 6.62. The summed E-state index contributed by atoms with van der Waals surface area (Å²) in [7, 11) is 0. The van der Waals surface area contributed by atoms with Gasteiger partial charge in [0.25, 0.3) is 0 Å². The maximum absolute atomic E-state index is 5.01. The maximum Gasteiger partial charge on any atom is 0.159 e. The number of hydrogen-bond donors (Lipinski definition) is 1. The van der Waals surface area contributed by atoms with Crippen molar-refractivity contribution < 1.29 is 0 Å². The van der Waals surface area contributed by atoms with Crippen molar-refractivity contribution >= 4 is 29.6 Å². The summed E-state index contributed by atoms with van der Waals surface area (Å²) in [6.45, 7) is 0. The van der Waals surface area contributed by atoms with E-state index >= 15 is 0 Å². The zero-order valence-electron chi connectivity index (χ0n) is 5.39. The van der Waals surface area contributed by atoms with Gasteiger partial charge in [0.2, 0.25) is 0 Å². The van der Waals surface area contributed by atoms with Crippen molar-refractivity contribution in [2.45, 2.75) is 12.8 Å². The Labute approximate surface area is 68.4 Å². The van der Waals surface area contributed by atoms with E-state index in [1.165, 1.54) is 10.6 Å². The van der Waals surface area contributed by atoms with Crippen LogP contribution in [0.1, 0.15) is 17.0 Å². The Morgan fingerprint density at radius 1 is 1.60 bits per heavy atom. The third kappa shape index (κ3) is 0.954. The van der Waals surface area contributed by atoms with Crippen LogP contribution < -0.4 is 0 Å². The fraction of sp³-hybridized carbons (Fsp3) is 0.286. The summed E-state index contributed by atoms with van der Waals surface area (Å²) < 4.78 is 0.900. The third-order valence-corrected chi connectivity index (χ3v) is 2.89. The number of fused-ring (bicyclic) bond motifs is 1. The first-order chi connectivity index (χ1) is 4.86. The Balaban J connectivity index is 2.63. The van der Waals surface area contributed by atoms with E-state index < -0.39 is 0 Å². The maximum atomic E-state index is 5.01. The summed E-state index contributed by atoms with van der Waals surface area (Å²) in [4.78, 5) is 4.55. The van der Waals surface area contributed by atoms with E-state index in [9.17, 15) is 0 Å². The van der Waals surface area contributed by atoms with Crippen LogP contribution >= 0.6 is 23.6 Å². The second-order valence-electron chi connectivity index (χ2n) is 2.29. The number of nitrogens with one attached hydrogen (secondary N) is 1. The second kappa shape index (κ2) is 2.32. The van der Waals surface area contributed by atoms with E-state index in [2.05, 4.69) is 17.1 Å². The van der Waals surface area contributed by atoms with Crippen LogP contribution in [0.4, 0.5) is 0 Å². The third-order valence-electron chi connectivity index (χ3n) is 1.58. The number of thiazole rings is 1. The van der Waals surface area contributed by atoms with Gasteiger partial charge in [-0.1, -0.05) is 6.08 Å². The highest BCUT2D eigenvalue weighted by molar-refractivity contribution is 7.73. The molecule has 0 aliphatic heterocycles. The van der Waals surface area contributed by atoms with Gasteiger partial charge in [-0.05, 0) is 31.1 Å². The fourth-order valence-electron chi connectivity index (χ4n) is 1.11. The molecule has 0 radical (unpaired) electrons. The molecule has 0 saturated heterocycles. The van der Waals surface area contributed by atoms with Gasteiger partial charge in [-0.2, -0.15) is 0 Å². The average molecular weight is 169 g/mol. The smallest absolute Gasteiger partial charge is 0.159 e. The molecule has 1 aromatic rings. The molecule has 1 N–H and O–H groups in total. The van der Waals surface area contributed by atoms with E-state index in [1.54, 1.807) is 11.3 Å². The van der Waals surface area contributed by atoms with Crippen molar-refractivity contribution in [3.8, 4) is 0 Å². The molecule has 1 aliphatic rings. The van der Waals surface area contributed by atoms with Gasteiger partial charge in [0, 0.05) is 4.88 Å². The first-order valence-electron chi connectivity index (χ1n) is 3.25. The van der Waals surface area contributed by atoms with E-state index in [-0.39, 0.29) is 0 Å². The average Bonchev–Trinajstić information content (AvgIpc) is 2.27. The summed E-state index contributed by atoms with van der Waals surface area (Å²) in [6, 6.07) is 0. The topological polar surface area (TPSA) is 15.8 Å². The van der Waals surface area contributed by atoms with E-state index in [0.29, 0.717) is 0 Å². The molecule has 1 nitrogen and oxygen atoms in total. The van der Waals surface area contributed by atoms with Gasteiger partial charge in [0.1, 0.15) is 0 Å². The molecule has 10 heavy (non-hydrogen) atoms. The summed E-state index contributed by atoms with van der Waals surface area (Å²) in [5.74, 6) is 0. The molecule has 0 spiro atoms. The molecule has 0 bridgehead atoms. The molecule has 0 aromatic carbocycles. The lowest BCUT2D eigenvalue weighted by Crippen LogP contribution is -1.87. The lowest BCUT2D eigenvalue weighted by molar-refractivity contribution is 1.00. The van der Waals surface area contributed by atoms with Crippen molar-refractivity contribution in [2.75, 3.05) is 0 Å². The quantitative estimate of drug-likeness (QED) is 0.590. The lowest BCUT2D eigenvalue weighted by atomic mass is 10.1. The number of hydrogen-bond acceptors (Lipinski definition) is 2. The first kappa shape index (κ1) is 6.31. The minimum absolute atomic E-state index is 0.900. The van der Waals surface area contributed by atoms with Crippen molar-refractivity contribution in [3.05, 3.63) is 20.6 Å². The number of H-pyrrole nitrogens is 1. The summed E-state index contributed by atoms with van der Waals surface area (Å²) >= 11 is 6.71. The van der Waals surface area contributed by atoms with Crippen LogP contribution in [-0.2, 0) is 6.42 Å². The highest BCUT2D eigenvalue weighted by atomic mass is 32.1. The molecular formula is C7H7NS2. The van der Waals surface area contributed by atoms with Crippen molar-refractivity contribution in [2.24, 2.45) is 0 Å². The van der Waals surface area contributed by atoms with Gasteiger partial charge in [-0.3, -0.25) is 0 Å². The van der Waals surface area contributed by atoms with Crippen molar-refractivity contribution in [1.29, 1.82) is 0 Å². The Hall–Kier alpha value is -0.410. The molecular weight excluding hydrogens is 162 g/mol. The van der Waals surface area contributed by atoms with Crippen LogP contribution in [0.5, 0.6) is 0 Å². The van der Waals surface area contributed by atoms with Gasteiger partial charge < -0.3 is 4.98 Å². The van der Waals surface area contributed by atoms with Crippen LogP contribution in [0.15, 0.2) is 6.08 Å². The predicted octanol–water partition coefficient (Wildman–Crippen LogP) is 2.77. The molecule has 0 atom stereocenters. The Morgan fingerprint density at radius 2 is 2.50 bits per heavy atom. The minimum atomic E-state index is 0.900. The van der Waals surface area contributed by atoms with Crippen molar-refractivity contribution in [3.63, 3.8) is 0 Å². The van der Waals surface area contributed by atoms with Gasteiger partial charge in [0.05, 0.1) is 5.69 Å². The molecule has 52 valence electrons. The lowest BCUT2D eigenvalue weighted by Gasteiger charge is -2.00. The predicted molar refractivity (Wildman–Crippen MR) is 46.9 cm³/mol. The SMILES string of the molecule is S=c1[nH]c2c(s1)CCC=C2. The van der Waals surface area contributed by atoms with Gasteiger partial charge >= 0.3 is 0 Å². The monoisotopic (exact) mass is 169 g/mol. The summed E-state index contributed by atoms with van der Waals surface area (Å²) in [5.41, 5.74) is 1.22. The molecule has 2 rings (SSSR count). The number of aromatic nitrogens is 1. The summed E-state index contributed by atoms with van der Waals surface area (Å²) in [5, 5.41) is 0. The van der Waals surface area contributed by atoms with E-state index in [0.717, 1.165) is 16.8 Å². The number of rotatable bonds is 0. The molecule has 0 fully saturated rings. The molecule has 0 unspecified atom stereocenters. The highest BCUT2D eigenvalue weighted by Crippen LogP contribution is 2.22. The fourth-order valence-corrected chi connectivity index (χ4v) is 2.35. The van der Waals surface area contributed by atoms with E-state index in [4.69, 9.17) is 12.2 Å². The molecule has 0 saturated carbocycles. The first-order valence-corrected chi connectivity index (χ1v) is 4.47. The van der Waals surface area contributed by atoms with Gasteiger partial charge in [0.15, 0.2) is 3.95 Å². The molecule has 0 amide bonds. The van der Waals surface area contributed by atoms with Gasteiger partial charge in [-0.25, -0.2) is 0 Å². The second-order valence-corrected chi connectivity index (χ2v) is 4.06. The largest absolute Gasteiger partial charge is 0.337 e. The molecule has 1 heterocycles. The molecule has 1 aromatic heterocycles. The van der Waals surface area contributed by atoms with Crippen LogP contribution in [-0.4, -0.2) is 4.98 Å². The van der Waals surface area contributed by atoms with Gasteiger partial charge in [-0.15, -0.1) is 11.3 Å². The Kier molecular flexibility index (Phi) is 1.47. The minimum Gasteiger partial charge on any atom is -0.337 e. The molecule has 3 heteroatoms. The van der Waals surface area contributed by atoms with Crippen LogP contribution in [0.2, 0.25) is 0 Å². The zero-order valence-corrected chi connectivity index (χ0v) is 7.02. The van der Waals surface area contributed by atoms with Crippen LogP contribution in [0, 0.1) is 3.95 Å².